The molecule has 5 rings (SSSR count). The second kappa shape index (κ2) is 9.16. The second-order valence-electron chi connectivity index (χ2n) is 10.1. The van der Waals surface area contributed by atoms with Gasteiger partial charge in [0.2, 0.25) is 5.91 Å². The summed E-state index contributed by atoms with van der Waals surface area (Å²) in [4.78, 5) is 13.1. The topological polar surface area (TPSA) is 72.5 Å². The first-order chi connectivity index (χ1) is 15.3. The Balaban J connectivity index is 1.35. The van der Waals surface area contributed by atoms with Crippen molar-refractivity contribution in [3.05, 3.63) is 36.2 Å². The lowest BCUT2D eigenvalue weighted by Gasteiger charge is -2.52. The van der Waals surface area contributed by atoms with Crippen molar-refractivity contribution < 1.29 is 22.3 Å². The Kier molecular flexibility index (Phi) is 6.66. The lowest BCUT2D eigenvalue weighted by Crippen LogP contribution is -2.52. The molecule has 0 aromatic heterocycles. The van der Waals surface area contributed by atoms with Crippen molar-refractivity contribution in [2.75, 3.05) is 18.9 Å². The van der Waals surface area contributed by atoms with Gasteiger partial charge in [0, 0.05) is 12.0 Å². The smallest absolute Gasteiger partial charge is 0.226 e. The fraction of sp³-hybridized carbons (Fsp3) is 0.640. The highest BCUT2D eigenvalue weighted by Gasteiger charge is 2.53. The molecule has 2 bridgehead atoms. The lowest BCUT2D eigenvalue weighted by molar-refractivity contribution is -0.139. The Morgan fingerprint density at radius 2 is 1.75 bits per heavy atom. The number of carbonyl (C=O) groups is 1. The third-order valence-corrected chi connectivity index (χ3v) is 9.83. The summed E-state index contributed by atoms with van der Waals surface area (Å²) in [6, 6.07) is 6.42. The van der Waals surface area contributed by atoms with Crippen LogP contribution in [0.2, 0.25) is 0 Å². The molecule has 0 aliphatic heterocycles. The summed E-state index contributed by atoms with van der Waals surface area (Å²) in [5, 5.41) is 3.15. The van der Waals surface area contributed by atoms with Gasteiger partial charge in [0.05, 0.1) is 17.0 Å². The molecule has 32 heavy (non-hydrogen) atoms. The molecule has 4 fully saturated rings. The Morgan fingerprint density at radius 3 is 2.28 bits per heavy atom. The number of carbonyl (C=O) groups excluding carboxylic acids is 1. The van der Waals surface area contributed by atoms with Crippen molar-refractivity contribution in [2.45, 2.75) is 69.6 Å². The number of benzene rings is 1. The van der Waals surface area contributed by atoms with Crippen molar-refractivity contribution in [2.24, 2.45) is 16.7 Å². The first-order valence-corrected chi connectivity index (χ1v) is 13.5. The number of ether oxygens (including phenoxy) is 1. The molecule has 5 nitrogen and oxygen atoms in total. The van der Waals surface area contributed by atoms with Gasteiger partial charge in [-0.3, -0.25) is 4.79 Å². The summed E-state index contributed by atoms with van der Waals surface area (Å²) in [6.45, 7) is 2.80. The van der Waals surface area contributed by atoms with E-state index in [4.69, 9.17) is 4.74 Å². The van der Waals surface area contributed by atoms with E-state index < -0.39 is 9.84 Å². The lowest BCUT2D eigenvalue weighted by atomic mass is 9.54. The van der Waals surface area contributed by atoms with Crippen molar-refractivity contribution >= 4 is 15.7 Å². The maximum Gasteiger partial charge on any atom is 0.226 e. The molecule has 1 amide bonds. The summed E-state index contributed by atoms with van der Waals surface area (Å²) in [5.41, 5.74) is 0.0342. The van der Waals surface area contributed by atoms with E-state index in [-0.39, 0.29) is 29.1 Å². The Bertz CT molecular complexity index is 942. The predicted molar refractivity (Wildman–Crippen MR) is 122 cm³/mol. The van der Waals surface area contributed by atoms with Gasteiger partial charge in [-0.15, -0.1) is 0 Å². The van der Waals surface area contributed by atoms with Gasteiger partial charge in [-0.05, 0) is 99.0 Å². The highest BCUT2D eigenvalue weighted by atomic mass is 32.2. The van der Waals surface area contributed by atoms with Crippen molar-refractivity contribution in [3.63, 3.8) is 0 Å². The molecule has 1 aromatic rings. The van der Waals surface area contributed by atoms with Crippen LogP contribution in [0.15, 0.2) is 41.1 Å². The number of sulfone groups is 1. The number of nitrogens with one attached hydrogen (secondary N) is 1. The highest BCUT2D eigenvalue weighted by molar-refractivity contribution is 7.91. The molecule has 0 heterocycles. The quantitative estimate of drug-likeness (QED) is 0.532. The van der Waals surface area contributed by atoms with E-state index in [1.54, 1.807) is 24.3 Å². The van der Waals surface area contributed by atoms with E-state index in [9.17, 15) is 17.6 Å². The molecule has 0 saturated heterocycles. The van der Waals surface area contributed by atoms with Crippen LogP contribution in [0.4, 0.5) is 4.39 Å². The highest BCUT2D eigenvalue weighted by Crippen LogP contribution is 2.57. The minimum Gasteiger partial charge on any atom is -0.489 e. The SMILES string of the molecule is CC/C(=C\F)COc1ccc(S(=O)(=O)CC23CCC(C(=O)NCC4CC4)(CC2)CC3)cc1. The van der Waals surface area contributed by atoms with Gasteiger partial charge < -0.3 is 10.1 Å². The summed E-state index contributed by atoms with van der Waals surface area (Å²) in [7, 11) is -3.44. The van der Waals surface area contributed by atoms with E-state index >= 15 is 0 Å². The van der Waals surface area contributed by atoms with Crippen molar-refractivity contribution in [1.29, 1.82) is 0 Å². The first-order valence-electron chi connectivity index (χ1n) is 11.8. The molecule has 4 saturated carbocycles. The Hall–Kier alpha value is -1.89. The number of rotatable bonds is 10. The van der Waals surface area contributed by atoms with Gasteiger partial charge in [-0.25, -0.2) is 12.8 Å². The number of halogens is 1. The second-order valence-corrected chi connectivity index (χ2v) is 12.1. The molecule has 1 aromatic carbocycles. The molecule has 0 spiro atoms. The van der Waals surface area contributed by atoms with Gasteiger partial charge in [0.25, 0.3) is 0 Å². The van der Waals surface area contributed by atoms with E-state index in [0.29, 0.717) is 34.9 Å². The minimum atomic E-state index is -3.44. The molecule has 0 radical (unpaired) electrons. The van der Waals surface area contributed by atoms with E-state index in [1.807, 2.05) is 6.92 Å². The monoisotopic (exact) mass is 463 g/mol. The molecule has 4 aliphatic carbocycles. The Morgan fingerprint density at radius 1 is 1.12 bits per heavy atom. The molecule has 0 unspecified atom stereocenters. The molecular weight excluding hydrogens is 429 g/mol. The van der Waals surface area contributed by atoms with E-state index in [1.165, 1.54) is 12.8 Å². The van der Waals surface area contributed by atoms with Gasteiger partial charge in [-0.2, -0.15) is 0 Å². The average molecular weight is 464 g/mol. The van der Waals surface area contributed by atoms with Crippen LogP contribution in [0.5, 0.6) is 5.75 Å². The molecular formula is C25H34FNO4S. The number of hydrogen-bond acceptors (Lipinski definition) is 4. The largest absolute Gasteiger partial charge is 0.489 e. The fourth-order valence-electron chi connectivity index (χ4n) is 5.18. The molecule has 7 heteroatoms. The normalized spacial score (nSPS) is 27.9. The van der Waals surface area contributed by atoms with Crippen LogP contribution in [0.3, 0.4) is 0 Å². The van der Waals surface area contributed by atoms with Crippen LogP contribution in [-0.2, 0) is 14.6 Å². The maximum absolute atomic E-state index is 13.2. The number of amides is 1. The van der Waals surface area contributed by atoms with Crippen molar-refractivity contribution in [3.8, 4) is 5.75 Å². The average Bonchev–Trinajstić information content (AvgIpc) is 3.64. The third-order valence-electron chi connectivity index (χ3n) is 7.84. The minimum absolute atomic E-state index is 0.130. The predicted octanol–water partition coefficient (Wildman–Crippen LogP) is 4.97. The number of hydrogen-bond donors (Lipinski definition) is 1. The zero-order valence-corrected chi connectivity index (χ0v) is 19.7. The van der Waals surface area contributed by atoms with E-state index in [2.05, 4.69) is 5.32 Å². The summed E-state index contributed by atoms with van der Waals surface area (Å²) in [5.74, 6) is 1.50. The van der Waals surface area contributed by atoms with Crippen molar-refractivity contribution in [1.82, 2.24) is 5.32 Å². The molecule has 176 valence electrons. The van der Waals surface area contributed by atoms with Gasteiger partial charge in [0.1, 0.15) is 12.4 Å². The third kappa shape index (κ3) is 5.03. The van der Waals surface area contributed by atoms with Gasteiger partial charge in [-0.1, -0.05) is 6.92 Å². The summed E-state index contributed by atoms with van der Waals surface area (Å²) in [6.07, 6.45) is 8.28. The zero-order valence-electron chi connectivity index (χ0n) is 18.9. The number of fused-ring (bicyclic) bond motifs is 3. The zero-order chi connectivity index (χ0) is 22.8. The molecule has 1 N–H and O–H groups in total. The van der Waals surface area contributed by atoms with Crippen LogP contribution in [0, 0.1) is 16.7 Å². The Labute approximate surface area is 190 Å². The molecule has 4 aliphatic rings. The van der Waals surface area contributed by atoms with Crippen LogP contribution in [0.1, 0.15) is 64.7 Å². The van der Waals surface area contributed by atoms with Gasteiger partial charge >= 0.3 is 0 Å². The van der Waals surface area contributed by atoms with E-state index in [0.717, 1.165) is 45.1 Å². The van der Waals surface area contributed by atoms with Crippen LogP contribution in [0.25, 0.3) is 0 Å². The van der Waals surface area contributed by atoms with Crippen LogP contribution >= 0.6 is 0 Å². The fourth-order valence-corrected chi connectivity index (χ4v) is 7.14. The summed E-state index contributed by atoms with van der Waals surface area (Å²) >= 11 is 0. The summed E-state index contributed by atoms with van der Waals surface area (Å²) < 4.78 is 44.6. The van der Waals surface area contributed by atoms with Gasteiger partial charge in [0.15, 0.2) is 9.84 Å². The first kappa shape index (κ1) is 23.3. The standard InChI is InChI=1S/C25H34FNO4S/c1-2-19(15-26)17-31-21-5-7-22(8-6-21)32(29,30)18-24-9-12-25(13-10-24,14-11-24)23(28)27-16-20-3-4-20/h5-8,15,20H,2-4,9-14,16-18H2,1H3,(H,27,28)/b19-15+. The van der Waals surface area contributed by atoms with Crippen LogP contribution < -0.4 is 10.1 Å². The van der Waals surface area contributed by atoms with Crippen LogP contribution in [-0.4, -0.2) is 33.2 Å². The molecule has 0 atom stereocenters. The maximum atomic E-state index is 13.2.